The third-order valence-corrected chi connectivity index (χ3v) is 4.23. The van der Waals surface area contributed by atoms with Crippen LogP contribution in [0.1, 0.15) is 24.8 Å². The minimum Gasteiger partial charge on any atom is -0.497 e. The van der Waals surface area contributed by atoms with Crippen molar-refractivity contribution in [3.05, 3.63) is 23.8 Å². The molecular formula is C15H18N2O4. The summed E-state index contributed by atoms with van der Waals surface area (Å²) in [5.74, 6) is -0.0732. The summed E-state index contributed by atoms with van der Waals surface area (Å²) in [6.45, 7) is 1.82. The fraction of sp³-hybridized carbons (Fsp3) is 0.467. The van der Waals surface area contributed by atoms with Crippen molar-refractivity contribution in [1.29, 1.82) is 0 Å². The first kappa shape index (κ1) is 13.7. The second-order valence-electron chi connectivity index (χ2n) is 5.71. The van der Waals surface area contributed by atoms with Crippen molar-refractivity contribution in [2.45, 2.75) is 24.9 Å². The number of ether oxygens (including phenoxy) is 2. The summed E-state index contributed by atoms with van der Waals surface area (Å²) >= 11 is 0. The molecule has 0 radical (unpaired) electrons. The van der Waals surface area contributed by atoms with Crippen molar-refractivity contribution in [3.63, 3.8) is 0 Å². The van der Waals surface area contributed by atoms with Crippen LogP contribution < -0.4 is 20.1 Å². The molecule has 6 heteroatoms. The van der Waals surface area contributed by atoms with Gasteiger partial charge in [-0.1, -0.05) is 0 Å². The van der Waals surface area contributed by atoms with E-state index >= 15 is 0 Å². The minimum atomic E-state index is -0.729. The number of benzene rings is 1. The standard InChI is InChI=1S/C15H18N2O4/c1-15-7-10(12(13(18)16-15)14(19)17-15)9-6-8(20-2)4-5-11(9)21-3/h4-6,10,12H,7H2,1-3H3,(H,16,18)(H,17,19)/t10-,12?,15?/m0/s1. The molecule has 21 heavy (non-hydrogen) atoms. The predicted octanol–water partition coefficient (Wildman–Crippen LogP) is 0.769. The van der Waals surface area contributed by atoms with Gasteiger partial charge < -0.3 is 20.1 Å². The first-order valence-corrected chi connectivity index (χ1v) is 6.83. The van der Waals surface area contributed by atoms with Crippen molar-refractivity contribution in [2.24, 2.45) is 5.92 Å². The first-order valence-electron chi connectivity index (χ1n) is 6.83. The van der Waals surface area contributed by atoms with Gasteiger partial charge in [-0.25, -0.2) is 0 Å². The molecule has 2 bridgehead atoms. The minimum absolute atomic E-state index is 0.220. The molecule has 1 aromatic carbocycles. The molecule has 0 saturated carbocycles. The van der Waals surface area contributed by atoms with Gasteiger partial charge in [0.2, 0.25) is 11.8 Å². The SMILES string of the molecule is COc1ccc(OC)c([C@@H]2CC3(C)NC(=O)C2C(=O)N3)c1. The van der Waals surface area contributed by atoms with Gasteiger partial charge in [-0.3, -0.25) is 9.59 Å². The number of amides is 2. The highest BCUT2D eigenvalue weighted by Gasteiger charge is 2.53. The van der Waals surface area contributed by atoms with Gasteiger partial charge in [-0.05, 0) is 31.5 Å². The lowest BCUT2D eigenvalue weighted by molar-refractivity contribution is -0.149. The van der Waals surface area contributed by atoms with Crippen molar-refractivity contribution < 1.29 is 19.1 Å². The second-order valence-corrected chi connectivity index (χ2v) is 5.71. The van der Waals surface area contributed by atoms with Crippen LogP contribution in [0.4, 0.5) is 0 Å². The molecule has 3 aliphatic rings. The van der Waals surface area contributed by atoms with Crippen LogP contribution in [0.2, 0.25) is 0 Å². The number of carbonyl (C=O) groups is 2. The van der Waals surface area contributed by atoms with E-state index in [-0.39, 0.29) is 17.7 Å². The largest absolute Gasteiger partial charge is 0.497 e. The number of nitrogens with one attached hydrogen (secondary N) is 2. The molecule has 1 aromatic rings. The first-order chi connectivity index (χ1) is 9.97. The Kier molecular flexibility index (Phi) is 3.04. The Hall–Kier alpha value is -2.24. The van der Waals surface area contributed by atoms with E-state index in [9.17, 15) is 9.59 Å². The Labute approximate surface area is 122 Å². The summed E-state index contributed by atoms with van der Waals surface area (Å²) in [7, 11) is 3.16. The van der Waals surface area contributed by atoms with E-state index in [1.54, 1.807) is 26.4 Å². The maximum Gasteiger partial charge on any atom is 0.235 e. The number of fused-ring (bicyclic) bond motifs is 3. The zero-order chi connectivity index (χ0) is 15.2. The van der Waals surface area contributed by atoms with Gasteiger partial charge in [0, 0.05) is 11.5 Å². The molecule has 0 aromatic heterocycles. The van der Waals surface area contributed by atoms with Gasteiger partial charge >= 0.3 is 0 Å². The summed E-state index contributed by atoms with van der Waals surface area (Å²) in [6, 6.07) is 5.44. The topological polar surface area (TPSA) is 76.7 Å². The number of hydrogen-bond acceptors (Lipinski definition) is 4. The summed E-state index contributed by atoms with van der Waals surface area (Å²) in [5, 5.41) is 5.69. The maximum atomic E-state index is 12.2. The second kappa shape index (κ2) is 4.65. The average Bonchev–Trinajstić information content (AvgIpc) is 2.44. The molecule has 3 fully saturated rings. The van der Waals surface area contributed by atoms with Gasteiger partial charge in [-0.2, -0.15) is 0 Å². The van der Waals surface area contributed by atoms with Crippen LogP contribution in [0.5, 0.6) is 11.5 Å². The molecule has 1 atom stereocenters. The molecule has 0 aliphatic carbocycles. The fourth-order valence-electron chi connectivity index (χ4n) is 3.29. The monoisotopic (exact) mass is 290 g/mol. The predicted molar refractivity (Wildman–Crippen MR) is 75.1 cm³/mol. The molecule has 3 saturated heterocycles. The van der Waals surface area contributed by atoms with E-state index in [0.29, 0.717) is 17.9 Å². The lowest BCUT2D eigenvalue weighted by atomic mass is 9.72. The van der Waals surface area contributed by atoms with Crippen molar-refractivity contribution in [2.75, 3.05) is 14.2 Å². The van der Waals surface area contributed by atoms with Crippen molar-refractivity contribution >= 4 is 11.8 Å². The van der Waals surface area contributed by atoms with Crippen LogP contribution in [0, 0.1) is 5.92 Å². The highest BCUT2D eigenvalue weighted by atomic mass is 16.5. The Morgan fingerprint density at radius 1 is 1.14 bits per heavy atom. The van der Waals surface area contributed by atoms with Crippen LogP contribution >= 0.6 is 0 Å². The lowest BCUT2D eigenvalue weighted by Crippen LogP contribution is -2.72. The zero-order valence-corrected chi connectivity index (χ0v) is 12.2. The molecule has 0 spiro atoms. The fourth-order valence-corrected chi connectivity index (χ4v) is 3.29. The molecule has 3 heterocycles. The Morgan fingerprint density at radius 3 is 2.33 bits per heavy atom. The molecule has 3 aliphatic heterocycles. The highest BCUT2D eigenvalue weighted by Crippen LogP contribution is 2.44. The molecule has 4 rings (SSSR count). The Morgan fingerprint density at radius 2 is 1.81 bits per heavy atom. The summed E-state index contributed by atoms with van der Waals surface area (Å²) in [6.07, 6.45) is 0.624. The van der Waals surface area contributed by atoms with Crippen molar-refractivity contribution in [3.8, 4) is 11.5 Å². The van der Waals surface area contributed by atoms with Gasteiger partial charge in [0.1, 0.15) is 23.1 Å². The quantitative estimate of drug-likeness (QED) is 0.806. The number of hydrogen-bond donors (Lipinski definition) is 2. The summed E-state index contributed by atoms with van der Waals surface area (Å²) in [5.41, 5.74) is 0.125. The third-order valence-electron chi connectivity index (χ3n) is 4.23. The normalized spacial score (nSPS) is 30.6. The maximum absolute atomic E-state index is 12.2. The third kappa shape index (κ3) is 2.11. The van der Waals surface area contributed by atoms with E-state index in [1.165, 1.54) is 0 Å². The summed E-state index contributed by atoms with van der Waals surface area (Å²) < 4.78 is 10.6. The Bertz CT molecular complexity index is 596. The smallest absolute Gasteiger partial charge is 0.235 e. The van der Waals surface area contributed by atoms with E-state index in [4.69, 9.17) is 9.47 Å². The van der Waals surface area contributed by atoms with E-state index < -0.39 is 11.6 Å². The van der Waals surface area contributed by atoms with Gasteiger partial charge in [-0.15, -0.1) is 0 Å². The van der Waals surface area contributed by atoms with Crippen LogP contribution in [0.3, 0.4) is 0 Å². The lowest BCUT2D eigenvalue weighted by Gasteiger charge is -2.48. The van der Waals surface area contributed by atoms with E-state index in [0.717, 1.165) is 5.56 Å². The van der Waals surface area contributed by atoms with Gasteiger partial charge in [0.15, 0.2) is 0 Å². The zero-order valence-electron chi connectivity index (χ0n) is 12.2. The number of rotatable bonds is 3. The van der Waals surface area contributed by atoms with Crippen LogP contribution in [0.15, 0.2) is 18.2 Å². The molecule has 0 unspecified atom stereocenters. The van der Waals surface area contributed by atoms with E-state index in [1.807, 2.05) is 13.0 Å². The van der Waals surface area contributed by atoms with Crippen LogP contribution in [0.25, 0.3) is 0 Å². The average molecular weight is 290 g/mol. The Balaban J connectivity index is 2.08. The number of methoxy groups -OCH3 is 2. The van der Waals surface area contributed by atoms with Crippen molar-refractivity contribution in [1.82, 2.24) is 10.6 Å². The van der Waals surface area contributed by atoms with Crippen LogP contribution in [-0.2, 0) is 9.59 Å². The van der Waals surface area contributed by atoms with Crippen LogP contribution in [-0.4, -0.2) is 31.7 Å². The van der Waals surface area contributed by atoms with Gasteiger partial charge in [0.25, 0.3) is 0 Å². The van der Waals surface area contributed by atoms with E-state index in [2.05, 4.69) is 10.6 Å². The molecule has 6 nitrogen and oxygen atoms in total. The number of piperidine rings is 2. The molecular weight excluding hydrogens is 272 g/mol. The molecule has 2 amide bonds. The van der Waals surface area contributed by atoms with Gasteiger partial charge in [0.05, 0.1) is 14.2 Å². The summed E-state index contributed by atoms with van der Waals surface area (Å²) in [4.78, 5) is 24.3. The number of carbonyl (C=O) groups excluding carboxylic acids is 2. The molecule has 2 N–H and O–H groups in total. The highest BCUT2D eigenvalue weighted by molar-refractivity contribution is 6.05. The molecule has 112 valence electrons.